The highest BCUT2D eigenvalue weighted by molar-refractivity contribution is 5.80. The van der Waals surface area contributed by atoms with E-state index in [1.165, 1.54) is 6.26 Å². The minimum atomic E-state index is -0.817. The summed E-state index contributed by atoms with van der Waals surface area (Å²) >= 11 is 0. The fraction of sp³-hybridized carbons (Fsp3) is 0.500. The zero-order valence-electron chi connectivity index (χ0n) is 7.86. The van der Waals surface area contributed by atoms with Crippen molar-refractivity contribution in [1.29, 1.82) is 0 Å². The highest BCUT2D eigenvalue weighted by Gasteiger charge is 2.23. The highest BCUT2D eigenvalue weighted by Crippen LogP contribution is 2.23. The van der Waals surface area contributed by atoms with Crippen LogP contribution in [0, 0.1) is 5.92 Å². The van der Waals surface area contributed by atoms with Crippen LogP contribution in [0.1, 0.15) is 32.1 Å². The van der Waals surface area contributed by atoms with E-state index in [9.17, 15) is 9.90 Å². The van der Waals surface area contributed by atoms with Gasteiger partial charge in [0, 0.05) is 12.3 Å². The molecule has 13 heavy (non-hydrogen) atoms. The van der Waals surface area contributed by atoms with E-state index < -0.39 is 12.0 Å². The lowest BCUT2D eigenvalue weighted by Gasteiger charge is -2.14. The van der Waals surface area contributed by atoms with Gasteiger partial charge in [0.1, 0.15) is 17.6 Å². The van der Waals surface area contributed by atoms with Crippen LogP contribution in [-0.4, -0.2) is 10.9 Å². The average Bonchev–Trinajstić information content (AvgIpc) is 2.67. The molecule has 3 nitrogen and oxygen atoms in total. The minimum Gasteiger partial charge on any atom is -0.467 e. The first-order chi connectivity index (χ1) is 6.16. The van der Waals surface area contributed by atoms with Crippen molar-refractivity contribution in [1.82, 2.24) is 0 Å². The van der Waals surface area contributed by atoms with Gasteiger partial charge in [-0.3, -0.25) is 4.79 Å². The third-order valence-corrected chi connectivity index (χ3v) is 2.16. The molecule has 1 heterocycles. The number of carbonyl (C=O) groups excluding carboxylic acids is 1. The Bertz CT molecular complexity index is 264. The molecule has 0 aromatic carbocycles. The van der Waals surface area contributed by atoms with Crippen molar-refractivity contribution in [3.63, 3.8) is 0 Å². The Balaban J connectivity index is 2.68. The number of furan rings is 1. The van der Waals surface area contributed by atoms with Crippen molar-refractivity contribution in [2.75, 3.05) is 0 Å². The van der Waals surface area contributed by atoms with Crippen LogP contribution in [0.3, 0.4) is 0 Å². The van der Waals surface area contributed by atoms with Gasteiger partial charge in [0.15, 0.2) is 0 Å². The number of aliphatic hydroxyl groups is 1. The number of ketones is 1. The van der Waals surface area contributed by atoms with Gasteiger partial charge in [-0.25, -0.2) is 0 Å². The Hall–Kier alpha value is -1.09. The maximum absolute atomic E-state index is 11.2. The quantitative estimate of drug-likeness (QED) is 0.774. The number of rotatable bonds is 4. The molecular weight excluding hydrogens is 168 g/mol. The molecule has 1 aromatic rings. The summed E-state index contributed by atoms with van der Waals surface area (Å²) in [5.74, 6) is 0.106. The molecule has 0 amide bonds. The van der Waals surface area contributed by atoms with Gasteiger partial charge in [0.05, 0.1) is 6.26 Å². The lowest BCUT2D eigenvalue weighted by molar-refractivity contribution is -0.125. The number of hydrogen-bond donors (Lipinski definition) is 1. The Morgan fingerprint density at radius 2 is 2.38 bits per heavy atom. The van der Waals surface area contributed by atoms with Crippen molar-refractivity contribution in [3.05, 3.63) is 24.2 Å². The first-order valence-electron chi connectivity index (χ1n) is 4.41. The molecule has 0 aliphatic carbocycles. The second-order valence-electron chi connectivity index (χ2n) is 3.07. The topological polar surface area (TPSA) is 50.4 Å². The predicted molar refractivity (Wildman–Crippen MR) is 48.1 cm³/mol. The molecule has 1 N–H and O–H groups in total. The Labute approximate surface area is 77.4 Å². The summed E-state index contributed by atoms with van der Waals surface area (Å²) in [4.78, 5) is 11.2. The molecule has 1 aromatic heterocycles. The van der Waals surface area contributed by atoms with Gasteiger partial charge in [-0.2, -0.15) is 0 Å². The van der Waals surface area contributed by atoms with Crippen molar-refractivity contribution in [2.24, 2.45) is 5.92 Å². The average molecular weight is 182 g/mol. The van der Waals surface area contributed by atoms with E-state index in [-0.39, 0.29) is 5.78 Å². The Morgan fingerprint density at radius 1 is 1.69 bits per heavy atom. The van der Waals surface area contributed by atoms with Gasteiger partial charge < -0.3 is 9.52 Å². The van der Waals surface area contributed by atoms with Crippen LogP contribution in [0.25, 0.3) is 0 Å². The molecule has 0 bridgehead atoms. The van der Waals surface area contributed by atoms with Crippen molar-refractivity contribution in [3.8, 4) is 0 Å². The molecule has 2 unspecified atom stereocenters. The van der Waals surface area contributed by atoms with E-state index in [4.69, 9.17) is 4.42 Å². The molecule has 0 aliphatic rings. The molecule has 0 spiro atoms. The van der Waals surface area contributed by atoms with Crippen molar-refractivity contribution >= 4 is 5.78 Å². The summed E-state index contributed by atoms with van der Waals surface area (Å²) in [6.07, 6.45) is 1.11. The largest absolute Gasteiger partial charge is 0.467 e. The number of hydrogen-bond acceptors (Lipinski definition) is 3. The van der Waals surface area contributed by atoms with E-state index >= 15 is 0 Å². The van der Waals surface area contributed by atoms with Crippen LogP contribution in [0.15, 0.2) is 22.8 Å². The standard InChI is InChI=1S/C10H14O3/c1-3-8(11)7(2)10(12)9-5-4-6-13-9/h4-7,10,12H,3H2,1-2H3. The van der Waals surface area contributed by atoms with Gasteiger partial charge in [-0.1, -0.05) is 13.8 Å². The lowest BCUT2D eigenvalue weighted by atomic mass is 9.96. The van der Waals surface area contributed by atoms with Crippen LogP contribution in [0.2, 0.25) is 0 Å². The van der Waals surface area contributed by atoms with Crippen LogP contribution < -0.4 is 0 Å². The van der Waals surface area contributed by atoms with Crippen molar-refractivity contribution in [2.45, 2.75) is 26.4 Å². The predicted octanol–water partition coefficient (Wildman–Crippen LogP) is 1.93. The molecule has 0 fully saturated rings. The van der Waals surface area contributed by atoms with Gasteiger partial charge in [-0.15, -0.1) is 0 Å². The van der Waals surface area contributed by atoms with Gasteiger partial charge in [0.2, 0.25) is 0 Å². The first-order valence-corrected chi connectivity index (χ1v) is 4.41. The monoisotopic (exact) mass is 182 g/mol. The molecule has 0 aliphatic heterocycles. The van der Waals surface area contributed by atoms with Gasteiger partial charge >= 0.3 is 0 Å². The fourth-order valence-corrected chi connectivity index (χ4v) is 1.20. The Kier molecular flexibility index (Phi) is 3.25. The van der Waals surface area contributed by atoms with E-state index in [0.717, 1.165) is 0 Å². The highest BCUT2D eigenvalue weighted by atomic mass is 16.4. The normalized spacial score (nSPS) is 15.3. The minimum absolute atomic E-state index is 0.0453. The summed E-state index contributed by atoms with van der Waals surface area (Å²) in [5.41, 5.74) is 0. The molecule has 2 atom stereocenters. The second-order valence-corrected chi connectivity index (χ2v) is 3.07. The number of carbonyl (C=O) groups is 1. The van der Waals surface area contributed by atoms with Gasteiger partial charge in [-0.05, 0) is 12.1 Å². The maximum Gasteiger partial charge on any atom is 0.138 e. The molecule has 0 saturated heterocycles. The molecule has 0 saturated carbocycles. The molecule has 0 radical (unpaired) electrons. The fourth-order valence-electron chi connectivity index (χ4n) is 1.20. The Morgan fingerprint density at radius 3 is 2.85 bits per heavy atom. The third-order valence-electron chi connectivity index (χ3n) is 2.16. The van der Waals surface area contributed by atoms with Crippen LogP contribution in [0.4, 0.5) is 0 Å². The summed E-state index contributed by atoms with van der Waals surface area (Å²) < 4.78 is 5.01. The van der Waals surface area contributed by atoms with Crippen molar-refractivity contribution < 1.29 is 14.3 Å². The summed E-state index contributed by atoms with van der Waals surface area (Å²) in [6, 6.07) is 3.37. The lowest BCUT2D eigenvalue weighted by Crippen LogP contribution is -2.17. The molecule has 3 heteroatoms. The summed E-state index contributed by atoms with van der Waals surface area (Å²) in [7, 11) is 0. The molecule has 1 rings (SSSR count). The van der Waals surface area contributed by atoms with E-state index in [2.05, 4.69) is 0 Å². The van der Waals surface area contributed by atoms with Gasteiger partial charge in [0.25, 0.3) is 0 Å². The zero-order valence-corrected chi connectivity index (χ0v) is 7.86. The smallest absolute Gasteiger partial charge is 0.138 e. The molecular formula is C10H14O3. The van der Waals surface area contributed by atoms with Crippen LogP contribution in [0.5, 0.6) is 0 Å². The zero-order chi connectivity index (χ0) is 9.84. The summed E-state index contributed by atoms with van der Waals surface area (Å²) in [6.45, 7) is 3.49. The maximum atomic E-state index is 11.2. The second kappa shape index (κ2) is 4.23. The SMILES string of the molecule is CCC(=O)C(C)C(O)c1ccco1. The molecule has 72 valence electrons. The first kappa shape index (κ1) is 9.99. The van der Waals surface area contributed by atoms with Crippen LogP contribution in [-0.2, 0) is 4.79 Å². The van der Waals surface area contributed by atoms with E-state index in [1.807, 2.05) is 0 Å². The van der Waals surface area contributed by atoms with E-state index in [1.54, 1.807) is 26.0 Å². The summed E-state index contributed by atoms with van der Waals surface area (Å²) in [5, 5.41) is 9.66. The van der Waals surface area contributed by atoms with E-state index in [0.29, 0.717) is 12.2 Å². The number of aliphatic hydroxyl groups excluding tert-OH is 1. The third kappa shape index (κ3) is 2.18. The van der Waals surface area contributed by atoms with Crippen LogP contribution >= 0.6 is 0 Å². The number of Topliss-reactive ketones (excluding diaryl/α,β-unsaturated/α-hetero) is 1.